The number of H-pyrrole nitrogens is 1. The molecule has 1 aromatic heterocycles. The first-order valence-electron chi connectivity index (χ1n) is 5.04. The number of nitrogens with one attached hydrogen (secondary N) is 1. The summed E-state index contributed by atoms with van der Waals surface area (Å²) in [6.45, 7) is 6.71. The van der Waals surface area contributed by atoms with Gasteiger partial charge in [-0.1, -0.05) is 32.9 Å². The second kappa shape index (κ2) is 3.12. The third-order valence-corrected chi connectivity index (χ3v) is 3.11. The van der Waals surface area contributed by atoms with E-state index in [1.807, 2.05) is 0 Å². The molecular weight excluding hydrogens is 172 g/mol. The second-order valence-corrected chi connectivity index (χ2v) is 4.39. The molecule has 0 spiro atoms. The van der Waals surface area contributed by atoms with Gasteiger partial charge in [0.05, 0.1) is 17.0 Å². The van der Waals surface area contributed by atoms with Gasteiger partial charge in [0.1, 0.15) is 0 Å². The highest BCUT2D eigenvalue weighted by molar-refractivity contribution is 5.46. The maximum absolute atomic E-state index is 4.31. The van der Waals surface area contributed by atoms with Crippen LogP contribution in [0, 0.1) is 11.3 Å². The molecule has 2 rings (SSSR count). The molecule has 1 aliphatic carbocycles. The minimum absolute atomic E-state index is 0.108. The van der Waals surface area contributed by atoms with Crippen molar-refractivity contribution in [3.63, 3.8) is 0 Å². The van der Waals surface area contributed by atoms with Crippen LogP contribution >= 0.6 is 0 Å². The van der Waals surface area contributed by atoms with Gasteiger partial charge in [-0.2, -0.15) is 0 Å². The van der Waals surface area contributed by atoms with Crippen LogP contribution < -0.4 is 10.7 Å². The zero-order chi connectivity index (χ0) is 10.2. The summed E-state index contributed by atoms with van der Waals surface area (Å²) in [6, 6.07) is 0. The summed E-state index contributed by atoms with van der Waals surface area (Å²) in [6.07, 6.45) is 10.4. The second-order valence-electron chi connectivity index (χ2n) is 4.39. The number of imidazole rings is 1. The van der Waals surface area contributed by atoms with E-state index < -0.39 is 0 Å². The number of allylic oxidation sites excluding steroid dienone is 2. The Kier molecular flexibility index (Phi) is 2.06. The number of nitrogens with zero attached hydrogens (tertiary/aromatic N) is 1. The third-order valence-electron chi connectivity index (χ3n) is 3.11. The quantitative estimate of drug-likeness (QED) is 0.705. The molecule has 0 bridgehead atoms. The van der Waals surface area contributed by atoms with Crippen molar-refractivity contribution in [1.29, 1.82) is 0 Å². The first kappa shape index (κ1) is 9.25. The van der Waals surface area contributed by atoms with Crippen molar-refractivity contribution in [2.45, 2.75) is 20.8 Å². The highest BCUT2D eigenvalue weighted by atomic mass is 14.9. The Morgan fingerprint density at radius 3 is 2.93 bits per heavy atom. The summed E-state index contributed by atoms with van der Waals surface area (Å²) in [5.74, 6) is 0.579. The molecule has 1 atom stereocenters. The largest absolute Gasteiger partial charge is 0.345 e. The van der Waals surface area contributed by atoms with E-state index in [0.29, 0.717) is 5.92 Å². The van der Waals surface area contributed by atoms with Crippen molar-refractivity contribution >= 4 is 12.2 Å². The van der Waals surface area contributed by atoms with Gasteiger partial charge >= 0.3 is 0 Å². The van der Waals surface area contributed by atoms with E-state index in [1.54, 1.807) is 6.33 Å². The molecule has 0 aliphatic heterocycles. The van der Waals surface area contributed by atoms with Crippen LogP contribution in [0.5, 0.6) is 0 Å². The Balaban J connectivity index is 2.64. The summed E-state index contributed by atoms with van der Waals surface area (Å²) in [5, 5.41) is 2.16. The lowest BCUT2D eigenvalue weighted by Crippen LogP contribution is -2.28. The van der Waals surface area contributed by atoms with Gasteiger partial charge in [0.2, 0.25) is 0 Å². The molecular formula is C12H16N2. The standard InChI is InChI=1S/C12H16N2/c1-9(2)12(3)6-4-5-10-11(7-12)14-8-13-10/h4-9H,1-3H3,(H,13,14). The molecule has 1 N–H and O–H groups in total. The van der Waals surface area contributed by atoms with E-state index in [2.05, 4.69) is 55.0 Å². The fourth-order valence-electron chi connectivity index (χ4n) is 1.62. The SMILES string of the molecule is CC(C)C1(C)C=CC=c2[nH]cnc2=C1. The average molecular weight is 188 g/mol. The molecule has 1 aromatic rings. The Morgan fingerprint density at radius 1 is 1.43 bits per heavy atom. The van der Waals surface area contributed by atoms with E-state index in [1.165, 1.54) is 0 Å². The van der Waals surface area contributed by atoms with Crippen LogP contribution in [0.4, 0.5) is 0 Å². The summed E-state index contributed by atoms with van der Waals surface area (Å²) < 4.78 is 0. The van der Waals surface area contributed by atoms with Gasteiger partial charge in [-0.15, -0.1) is 0 Å². The number of aromatic amines is 1. The molecule has 0 radical (unpaired) electrons. The van der Waals surface area contributed by atoms with Crippen LogP contribution in [0.25, 0.3) is 12.2 Å². The zero-order valence-corrected chi connectivity index (χ0v) is 8.91. The van der Waals surface area contributed by atoms with E-state index in [0.717, 1.165) is 10.7 Å². The molecule has 0 saturated heterocycles. The summed E-state index contributed by atoms with van der Waals surface area (Å²) >= 11 is 0. The predicted molar refractivity (Wildman–Crippen MR) is 58.9 cm³/mol. The molecule has 2 nitrogen and oxygen atoms in total. The van der Waals surface area contributed by atoms with Crippen molar-refractivity contribution < 1.29 is 0 Å². The maximum Gasteiger partial charge on any atom is 0.0931 e. The molecule has 0 fully saturated rings. The van der Waals surface area contributed by atoms with Crippen molar-refractivity contribution in [3.05, 3.63) is 29.2 Å². The summed E-state index contributed by atoms with van der Waals surface area (Å²) in [5.41, 5.74) is 0.108. The fraction of sp³-hybridized carbons (Fsp3) is 0.417. The lowest BCUT2D eigenvalue weighted by atomic mass is 9.79. The molecule has 2 heteroatoms. The van der Waals surface area contributed by atoms with Crippen LogP contribution in [0.1, 0.15) is 20.8 Å². The highest BCUT2D eigenvalue weighted by Crippen LogP contribution is 2.30. The average Bonchev–Trinajstić information content (AvgIpc) is 2.46. The number of aromatic nitrogens is 2. The number of hydrogen-bond donors (Lipinski definition) is 1. The highest BCUT2D eigenvalue weighted by Gasteiger charge is 2.23. The van der Waals surface area contributed by atoms with E-state index in [9.17, 15) is 0 Å². The smallest absolute Gasteiger partial charge is 0.0931 e. The Morgan fingerprint density at radius 2 is 2.21 bits per heavy atom. The van der Waals surface area contributed by atoms with Gasteiger partial charge in [-0.3, -0.25) is 0 Å². The van der Waals surface area contributed by atoms with E-state index in [-0.39, 0.29) is 5.41 Å². The van der Waals surface area contributed by atoms with Crippen molar-refractivity contribution in [3.8, 4) is 0 Å². The van der Waals surface area contributed by atoms with Crippen LogP contribution in [0.15, 0.2) is 18.5 Å². The van der Waals surface area contributed by atoms with E-state index in [4.69, 9.17) is 0 Å². The molecule has 0 amide bonds. The Bertz CT molecular complexity index is 465. The molecule has 14 heavy (non-hydrogen) atoms. The molecule has 0 aromatic carbocycles. The minimum Gasteiger partial charge on any atom is -0.345 e. The lowest BCUT2D eigenvalue weighted by molar-refractivity contribution is 0.409. The van der Waals surface area contributed by atoms with Gasteiger partial charge in [0.15, 0.2) is 0 Å². The summed E-state index contributed by atoms with van der Waals surface area (Å²) in [4.78, 5) is 7.44. The number of hydrogen-bond acceptors (Lipinski definition) is 1. The van der Waals surface area contributed by atoms with Crippen LogP contribution in [0.2, 0.25) is 0 Å². The normalized spacial score (nSPS) is 25.1. The van der Waals surface area contributed by atoms with Crippen LogP contribution in [-0.4, -0.2) is 9.97 Å². The molecule has 1 aliphatic rings. The van der Waals surface area contributed by atoms with Crippen LogP contribution in [-0.2, 0) is 0 Å². The fourth-order valence-corrected chi connectivity index (χ4v) is 1.62. The first-order valence-corrected chi connectivity index (χ1v) is 5.04. The molecule has 1 unspecified atom stereocenters. The Labute approximate surface area is 84.1 Å². The zero-order valence-electron chi connectivity index (χ0n) is 8.91. The molecule has 74 valence electrons. The van der Waals surface area contributed by atoms with Gasteiger partial charge in [-0.25, -0.2) is 4.98 Å². The van der Waals surface area contributed by atoms with E-state index >= 15 is 0 Å². The van der Waals surface area contributed by atoms with Gasteiger partial charge in [0.25, 0.3) is 0 Å². The molecule has 0 saturated carbocycles. The predicted octanol–water partition coefficient (Wildman–Crippen LogP) is 1.20. The third kappa shape index (κ3) is 1.41. The summed E-state index contributed by atoms with van der Waals surface area (Å²) in [7, 11) is 0. The lowest BCUT2D eigenvalue weighted by Gasteiger charge is -2.25. The van der Waals surface area contributed by atoms with Crippen LogP contribution in [0.3, 0.4) is 0 Å². The minimum atomic E-state index is 0.108. The van der Waals surface area contributed by atoms with Crippen molar-refractivity contribution in [1.82, 2.24) is 9.97 Å². The number of fused-ring (bicyclic) bond motifs is 1. The first-order chi connectivity index (χ1) is 6.62. The number of rotatable bonds is 1. The van der Waals surface area contributed by atoms with Crippen molar-refractivity contribution in [2.75, 3.05) is 0 Å². The monoisotopic (exact) mass is 188 g/mol. The van der Waals surface area contributed by atoms with Crippen molar-refractivity contribution in [2.24, 2.45) is 11.3 Å². The van der Waals surface area contributed by atoms with Gasteiger partial charge in [-0.05, 0) is 18.1 Å². The Hall–Kier alpha value is -1.31. The topological polar surface area (TPSA) is 28.7 Å². The van der Waals surface area contributed by atoms with Gasteiger partial charge < -0.3 is 4.98 Å². The van der Waals surface area contributed by atoms with Gasteiger partial charge in [0, 0.05) is 5.41 Å². The molecule has 1 heterocycles. The maximum atomic E-state index is 4.31.